The van der Waals surface area contributed by atoms with E-state index in [1.807, 2.05) is 6.07 Å². The van der Waals surface area contributed by atoms with Crippen LogP contribution in [0.5, 0.6) is 0 Å². The van der Waals surface area contributed by atoms with E-state index in [9.17, 15) is 0 Å². The maximum atomic E-state index is 5.33. The lowest BCUT2D eigenvalue weighted by molar-refractivity contribution is 1.14. The third-order valence-electron chi connectivity index (χ3n) is 3.32. The Balaban J connectivity index is 2.00. The standard InChI is InChI=1S/C17H15NS2/c1-2-12-7-9-13(10-8-12)11-16-14-5-3-4-6-15(14)18-17(19)20-16/h3-11H,2H2,1H3,(H,18,19)/b16-11-. The number of anilines is 1. The SMILES string of the molecule is CCc1ccc(/C=C2\SC(=S)Nc3ccccc32)cc1. The molecule has 1 heterocycles. The molecule has 0 aliphatic carbocycles. The maximum Gasteiger partial charge on any atom is 0.143 e. The Morgan fingerprint density at radius 1 is 1.10 bits per heavy atom. The Labute approximate surface area is 129 Å². The van der Waals surface area contributed by atoms with E-state index >= 15 is 0 Å². The summed E-state index contributed by atoms with van der Waals surface area (Å²) in [6, 6.07) is 17.0. The van der Waals surface area contributed by atoms with Crippen LogP contribution in [-0.2, 0) is 6.42 Å². The van der Waals surface area contributed by atoms with Crippen LogP contribution in [-0.4, -0.2) is 4.32 Å². The second kappa shape index (κ2) is 5.81. The van der Waals surface area contributed by atoms with Gasteiger partial charge in [0, 0.05) is 16.2 Å². The Morgan fingerprint density at radius 2 is 1.85 bits per heavy atom. The third-order valence-corrected chi connectivity index (χ3v) is 4.51. The highest BCUT2D eigenvalue weighted by Gasteiger charge is 2.17. The number of aryl methyl sites for hydroxylation is 1. The van der Waals surface area contributed by atoms with Crippen LogP contribution in [0.1, 0.15) is 23.6 Å². The Hall–Kier alpha value is -1.58. The summed E-state index contributed by atoms with van der Waals surface area (Å²) in [6.45, 7) is 2.17. The molecule has 1 aliphatic heterocycles. The molecule has 2 aromatic rings. The predicted octanol–water partition coefficient (Wildman–Crippen LogP) is 5.19. The number of nitrogens with one attached hydrogen (secondary N) is 1. The lowest BCUT2D eigenvalue weighted by Crippen LogP contribution is -2.11. The first-order valence-corrected chi connectivity index (χ1v) is 7.87. The van der Waals surface area contributed by atoms with Crippen LogP contribution in [0.3, 0.4) is 0 Å². The predicted molar refractivity (Wildman–Crippen MR) is 93.9 cm³/mol. The first kappa shape index (κ1) is 13.4. The molecule has 20 heavy (non-hydrogen) atoms. The van der Waals surface area contributed by atoms with Gasteiger partial charge in [-0.1, -0.05) is 73.4 Å². The number of thioether (sulfide) groups is 1. The molecule has 1 N–H and O–H groups in total. The fourth-order valence-electron chi connectivity index (χ4n) is 2.21. The minimum absolute atomic E-state index is 0.806. The van der Waals surface area contributed by atoms with Crippen molar-refractivity contribution in [2.24, 2.45) is 0 Å². The number of hydrogen-bond acceptors (Lipinski definition) is 2. The van der Waals surface area contributed by atoms with Crippen molar-refractivity contribution in [2.45, 2.75) is 13.3 Å². The normalized spacial score (nSPS) is 15.8. The topological polar surface area (TPSA) is 12.0 Å². The molecule has 0 saturated carbocycles. The summed E-state index contributed by atoms with van der Waals surface area (Å²) >= 11 is 6.94. The Morgan fingerprint density at radius 3 is 2.60 bits per heavy atom. The molecule has 1 nitrogen and oxygen atoms in total. The molecule has 100 valence electrons. The van der Waals surface area contributed by atoms with Crippen LogP contribution < -0.4 is 5.32 Å². The van der Waals surface area contributed by atoms with Crippen LogP contribution in [0.25, 0.3) is 11.0 Å². The number of para-hydroxylation sites is 1. The fraction of sp³-hybridized carbons (Fsp3) is 0.118. The lowest BCUT2D eigenvalue weighted by Gasteiger charge is -2.20. The van der Waals surface area contributed by atoms with Crippen LogP contribution in [0.2, 0.25) is 0 Å². The molecular formula is C17H15NS2. The van der Waals surface area contributed by atoms with E-state index in [4.69, 9.17) is 12.2 Å². The minimum Gasteiger partial charge on any atom is -0.340 e. The minimum atomic E-state index is 0.806. The summed E-state index contributed by atoms with van der Waals surface area (Å²) in [6.07, 6.45) is 3.28. The smallest absolute Gasteiger partial charge is 0.143 e. The van der Waals surface area contributed by atoms with Gasteiger partial charge in [-0.2, -0.15) is 0 Å². The molecule has 0 amide bonds. The molecule has 0 fully saturated rings. The highest BCUT2D eigenvalue weighted by molar-refractivity contribution is 8.29. The van der Waals surface area contributed by atoms with Crippen LogP contribution in [0, 0.1) is 0 Å². The third kappa shape index (κ3) is 2.79. The summed E-state index contributed by atoms with van der Waals surface area (Å²) in [7, 11) is 0. The van der Waals surface area contributed by atoms with E-state index in [0.717, 1.165) is 16.4 Å². The highest BCUT2D eigenvalue weighted by atomic mass is 32.2. The van der Waals surface area contributed by atoms with Crippen molar-refractivity contribution in [1.29, 1.82) is 0 Å². The zero-order valence-corrected chi connectivity index (χ0v) is 12.9. The molecule has 0 bridgehead atoms. The monoisotopic (exact) mass is 297 g/mol. The Kier molecular flexibility index (Phi) is 3.90. The number of benzene rings is 2. The average Bonchev–Trinajstić information content (AvgIpc) is 2.48. The lowest BCUT2D eigenvalue weighted by atomic mass is 10.1. The van der Waals surface area contributed by atoms with Crippen molar-refractivity contribution in [3.05, 3.63) is 65.2 Å². The first-order chi connectivity index (χ1) is 9.76. The number of fused-ring (bicyclic) bond motifs is 1. The Bertz CT molecular complexity index is 672. The maximum absolute atomic E-state index is 5.33. The van der Waals surface area contributed by atoms with Gasteiger partial charge in [-0.25, -0.2) is 0 Å². The first-order valence-electron chi connectivity index (χ1n) is 6.65. The summed E-state index contributed by atoms with van der Waals surface area (Å²) in [5.41, 5.74) is 4.88. The van der Waals surface area contributed by atoms with Gasteiger partial charge in [-0.15, -0.1) is 0 Å². The molecule has 0 atom stereocenters. The molecule has 0 radical (unpaired) electrons. The van der Waals surface area contributed by atoms with E-state index in [2.05, 4.69) is 60.8 Å². The van der Waals surface area contributed by atoms with E-state index in [0.29, 0.717) is 0 Å². The fourth-order valence-corrected chi connectivity index (χ4v) is 3.43. The molecule has 2 aromatic carbocycles. The summed E-state index contributed by atoms with van der Waals surface area (Å²) in [5.74, 6) is 0. The van der Waals surface area contributed by atoms with E-state index in [1.54, 1.807) is 11.8 Å². The van der Waals surface area contributed by atoms with Crippen molar-refractivity contribution in [2.75, 3.05) is 5.32 Å². The molecule has 0 aromatic heterocycles. The molecule has 3 rings (SSSR count). The van der Waals surface area contributed by atoms with Crippen LogP contribution >= 0.6 is 24.0 Å². The summed E-state index contributed by atoms with van der Waals surface area (Å²) < 4.78 is 0.806. The zero-order valence-electron chi connectivity index (χ0n) is 11.2. The van der Waals surface area contributed by atoms with E-state index in [-0.39, 0.29) is 0 Å². The molecule has 0 spiro atoms. The molecular weight excluding hydrogens is 282 g/mol. The molecule has 1 aliphatic rings. The number of thiocarbonyl (C=S) groups is 1. The van der Waals surface area contributed by atoms with Gasteiger partial charge in [0.25, 0.3) is 0 Å². The quantitative estimate of drug-likeness (QED) is 0.766. The summed E-state index contributed by atoms with van der Waals surface area (Å²) in [4.78, 5) is 1.20. The van der Waals surface area contributed by atoms with Crippen LogP contribution in [0.15, 0.2) is 48.5 Å². The second-order valence-electron chi connectivity index (χ2n) is 4.66. The van der Waals surface area contributed by atoms with Crippen molar-refractivity contribution < 1.29 is 0 Å². The molecule has 0 unspecified atom stereocenters. The molecule has 0 saturated heterocycles. The average molecular weight is 297 g/mol. The molecule has 3 heteroatoms. The van der Waals surface area contributed by atoms with Crippen molar-refractivity contribution in [3.63, 3.8) is 0 Å². The van der Waals surface area contributed by atoms with E-state index in [1.165, 1.54) is 21.6 Å². The number of rotatable bonds is 2. The van der Waals surface area contributed by atoms with Crippen molar-refractivity contribution in [1.82, 2.24) is 0 Å². The zero-order chi connectivity index (χ0) is 13.9. The highest BCUT2D eigenvalue weighted by Crippen LogP contribution is 2.39. The van der Waals surface area contributed by atoms with E-state index < -0.39 is 0 Å². The second-order valence-corrected chi connectivity index (χ2v) is 6.38. The van der Waals surface area contributed by atoms with Gasteiger partial charge in [-0.05, 0) is 29.7 Å². The van der Waals surface area contributed by atoms with Crippen LogP contribution in [0.4, 0.5) is 5.69 Å². The van der Waals surface area contributed by atoms with Crippen molar-refractivity contribution in [3.8, 4) is 0 Å². The van der Waals surface area contributed by atoms with Gasteiger partial charge in [-0.3, -0.25) is 0 Å². The van der Waals surface area contributed by atoms with Gasteiger partial charge in [0.2, 0.25) is 0 Å². The summed E-state index contributed by atoms with van der Waals surface area (Å²) in [5, 5.41) is 3.25. The van der Waals surface area contributed by atoms with Gasteiger partial charge in [0.15, 0.2) is 0 Å². The van der Waals surface area contributed by atoms with Gasteiger partial charge >= 0.3 is 0 Å². The van der Waals surface area contributed by atoms with Gasteiger partial charge < -0.3 is 5.32 Å². The number of hydrogen-bond donors (Lipinski definition) is 1. The largest absolute Gasteiger partial charge is 0.340 e. The van der Waals surface area contributed by atoms with Crippen molar-refractivity contribution >= 4 is 45.0 Å². The van der Waals surface area contributed by atoms with Gasteiger partial charge in [0.1, 0.15) is 4.32 Å². The van der Waals surface area contributed by atoms with Gasteiger partial charge in [0.05, 0.1) is 0 Å².